The van der Waals surface area contributed by atoms with Gasteiger partial charge in [0.25, 0.3) is 0 Å². The number of rotatable bonds is 4. The van der Waals surface area contributed by atoms with Crippen LogP contribution in [0.25, 0.3) is 0 Å². The van der Waals surface area contributed by atoms with Crippen LogP contribution in [0.3, 0.4) is 0 Å². The summed E-state index contributed by atoms with van der Waals surface area (Å²) in [5, 5.41) is 0.938. The van der Waals surface area contributed by atoms with Gasteiger partial charge in [0, 0.05) is 17.8 Å². The Morgan fingerprint density at radius 1 is 1.39 bits per heavy atom. The van der Waals surface area contributed by atoms with E-state index in [0.29, 0.717) is 0 Å². The van der Waals surface area contributed by atoms with Gasteiger partial charge < -0.3 is 4.90 Å². The highest BCUT2D eigenvalue weighted by molar-refractivity contribution is 6.30. The molecular weight excluding hydrogens is 242 g/mol. The summed E-state index contributed by atoms with van der Waals surface area (Å²) in [4.78, 5) is 2.16. The zero-order valence-corrected chi connectivity index (χ0v) is 11.5. The van der Waals surface area contributed by atoms with Crippen molar-refractivity contribution in [1.29, 1.82) is 0 Å². The van der Waals surface area contributed by atoms with Crippen LogP contribution in [0, 0.1) is 0 Å². The summed E-state index contributed by atoms with van der Waals surface area (Å²) in [6, 6.07) is 8.37. The van der Waals surface area contributed by atoms with Crippen molar-refractivity contribution in [1.82, 2.24) is 0 Å². The van der Waals surface area contributed by atoms with E-state index in [9.17, 15) is 0 Å². The minimum absolute atomic E-state index is 0.870. The number of hydrogen-bond acceptors (Lipinski definition) is 1. The van der Waals surface area contributed by atoms with Crippen LogP contribution < -0.4 is 4.90 Å². The van der Waals surface area contributed by atoms with Gasteiger partial charge in [-0.3, -0.25) is 0 Å². The first kappa shape index (κ1) is 13.0. The first-order chi connectivity index (χ1) is 8.74. The molecule has 1 nitrogen and oxygen atoms in total. The molecule has 0 radical (unpaired) electrons. The first-order valence-corrected chi connectivity index (χ1v) is 6.59. The Labute approximate surface area is 114 Å². The molecule has 0 spiro atoms. The number of nitrogens with zero attached hydrogens (tertiary/aromatic N) is 1. The van der Waals surface area contributed by atoms with Crippen LogP contribution >= 0.6 is 11.6 Å². The topological polar surface area (TPSA) is 3.24 Å². The van der Waals surface area contributed by atoms with Crippen LogP contribution in [0.2, 0.25) is 0 Å². The molecule has 1 aromatic carbocycles. The standard InChI is InChI=1S/C16H18ClN/c1-3-8-13-9-4-6-11-15(13)18(2)16-12-7-5-10-14(16)17/h3-4,6-7,9,11-12H,1,5,8,10H2,2H3. The normalized spacial score (nSPS) is 14.8. The Morgan fingerprint density at radius 3 is 2.89 bits per heavy atom. The maximum atomic E-state index is 6.32. The number of para-hydroxylation sites is 1. The van der Waals surface area contributed by atoms with Crippen molar-refractivity contribution < 1.29 is 0 Å². The number of benzene rings is 1. The molecule has 1 aliphatic carbocycles. The highest BCUT2D eigenvalue weighted by Gasteiger charge is 2.14. The molecule has 0 fully saturated rings. The largest absolute Gasteiger partial charge is 0.343 e. The number of allylic oxidation sites excluding steroid dienone is 4. The van der Waals surface area contributed by atoms with E-state index in [2.05, 4.69) is 54.9 Å². The summed E-state index contributed by atoms with van der Waals surface area (Å²) in [5.74, 6) is 0. The van der Waals surface area contributed by atoms with Gasteiger partial charge in [0.1, 0.15) is 0 Å². The molecule has 0 aromatic heterocycles. The molecule has 0 atom stereocenters. The van der Waals surface area contributed by atoms with Crippen LogP contribution in [-0.2, 0) is 6.42 Å². The van der Waals surface area contributed by atoms with E-state index in [0.717, 1.165) is 30.0 Å². The summed E-state index contributed by atoms with van der Waals surface area (Å²) in [7, 11) is 2.06. The van der Waals surface area contributed by atoms with Crippen molar-refractivity contribution in [2.75, 3.05) is 11.9 Å². The van der Waals surface area contributed by atoms with Crippen molar-refractivity contribution in [3.05, 3.63) is 65.4 Å². The number of likely N-dealkylation sites (N-methyl/N-ethyl adjacent to an activating group) is 1. The third-order valence-corrected chi connectivity index (χ3v) is 3.55. The predicted molar refractivity (Wildman–Crippen MR) is 80.0 cm³/mol. The summed E-state index contributed by atoms with van der Waals surface area (Å²) < 4.78 is 0. The smallest absolute Gasteiger partial charge is 0.0552 e. The van der Waals surface area contributed by atoms with E-state index in [1.165, 1.54) is 11.3 Å². The average molecular weight is 260 g/mol. The Hall–Kier alpha value is -1.47. The third kappa shape index (κ3) is 2.68. The second-order valence-electron chi connectivity index (χ2n) is 4.41. The molecule has 1 aliphatic rings. The number of anilines is 1. The maximum absolute atomic E-state index is 6.32. The number of halogens is 1. The van der Waals surface area contributed by atoms with Crippen LogP contribution in [0.5, 0.6) is 0 Å². The molecule has 0 aliphatic heterocycles. The van der Waals surface area contributed by atoms with Gasteiger partial charge in [-0.15, -0.1) is 6.58 Å². The lowest BCUT2D eigenvalue weighted by Crippen LogP contribution is -2.18. The monoisotopic (exact) mass is 259 g/mol. The minimum atomic E-state index is 0.870. The van der Waals surface area contributed by atoms with E-state index in [-0.39, 0.29) is 0 Å². The molecule has 1 aromatic rings. The van der Waals surface area contributed by atoms with Gasteiger partial charge in [0.15, 0.2) is 0 Å². The lowest BCUT2D eigenvalue weighted by Gasteiger charge is -2.26. The molecule has 0 heterocycles. The summed E-state index contributed by atoms with van der Waals surface area (Å²) in [6.07, 6.45) is 9.05. The van der Waals surface area contributed by atoms with Crippen molar-refractivity contribution >= 4 is 17.3 Å². The Morgan fingerprint density at radius 2 is 2.17 bits per heavy atom. The molecule has 0 N–H and O–H groups in total. The van der Waals surface area contributed by atoms with Crippen molar-refractivity contribution in [3.63, 3.8) is 0 Å². The van der Waals surface area contributed by atoms with E-state index < -0.39 is 0 Å². The molecule has 2 heteroatoms. The lowest BCUT2D eigenvalue weighted by atomic mass is 10.1. The molecule has 0 saturated carbocycles. The van der Waals surface area contributed by atoms with Gasteiger partial charge in [-0.25, -0.2) is 0 Å². The van der Waals surface area contributed by atoms with Crippen LogP contribution in [0.15, 0.2) is 59.8 Å². The molecular formula is C16H18ClN. The van der Waals surface area contributed by atoms with E-state index in [1.807, 2.05) is 6.08 Å². The molecule has 0 bridgehead atoms. The van der Waals surface area contributed by atoms with E-state index >= 15 is 0 Å². The van der Waals surface area contributed by atoms with Crippen molar-refractivity contribution in [3.8, 4) is 0 Å². The fraction of sp³-hybridized carbons (Fsp3) is 0.250. The molecule has 0 unspecified atom stereocenters. The van der Waals surface area contributed by atoms with E-state index in [4.69, 9.17) is 11.6 Å². The quantitative estimate of drug-likeness (QED) is 0.712. The van der Waals surface area contributed by atoms with Gasteiger partial charge in [0.05, 0.1) is 5.70 Å². The van der Waals surface area contributed by atoms with Gasteiger partial charge >= 0.3 is 0 Å². The second-order valence-corrected chi connectivity index (χ2v) is 4.87. The van der Waals surface area contributed by atoms with Gasteiger partial charge in [-0.1, -0.05) is 42.0 Å². The van der Waals surface area contributed by atoms with Crippen LogP contribution in [0.4, 0.5) is 5.69 Å². The highest BCUT2D eigenvalue weighted by Crippen LogP contribution is 2.30. The molecule has 94 valence electrons. The predicted octanol–water partition coefficient (Wildman–Crippen LogP) is 4.65. The Balaban J connectivity index is 2.36. The summed E-state index contributed by atoms with van der Waals surface area (Å²) in [6.45, 7) is 3.81. The minimum Gasteiger partial charge on any atom is -0.343 e. The molecule has 0 saturated heterocycles. The third-order valence-electron chi connectivity index (χ3n) is 3.16. The zero-order chi connectivity index (χ0) is 13.0. The highest BCUT2D eigenvalue weighted by atomic mass is 35.5. The first-order valence-electron chi connectivity index (χ1n) is 6.21. The maximum Gasteiger partial charge on any atom is 0.0552 e. The van der Waals surface area contributed by atoms with Crippen molar-refractivity contribution in [2.24, 2.45) is 0 Å². The van der Waals surface area contributed by atoms with Crippen LogP contribution in [-0.4, -0.2) is 7.05 Å². The van der Waals surface area contributed by atoms with Gasteiger partial charge in [-0.2, -0.15) is 0 Å². The SMILES string of the molecule is C=CCc1ccccc1N(C)C1=C(Cl)CCC=C1. The molecule has 18 heavy (non-hydrogen) atoms. The molecule has 2 rings (SSSR count). The van der Waals surface area contributed by atoms with E-state index in [1.54, 1.807) is 0 Å². The van der Waals surface area contributed by atoms with Gasteiger partial charge in [-0.05, 0) is 37.0 Å². The van der Waals surface area contributed by atoms with Crippen LogP contribution in [0.1, 0.15) is 18.4 Å². The Kier molecular flexibility index (Phi) is 4.27. The van der Waals surface area contributed by atoms with Gasteiger partial charge in [0.2, 0.25) is 0 Å². The fourth-order valence-electron chi connectivity index (χ4n) is 2.21. The second kappa shape index (κ2) is 5.92. The lowest BCUT2D eigenvalue weighted by molar-refractivity contribution is 0.961. The zero-order valence-electron chi connectivity index (χ0n) is 10.7. The Bertz CT molecular complexity index is 500. The molecule has 0 amide bonds. The fourth-order valence-corrected chi connectivity index (χ4v) is 2.51. The summed E-state index contributed by atoms with van der Waals surface area (Å²) >= 11 is 6.32. The number of hydrogen-bond donors (Lipinski definition) is 0. The van der Waals surface area contributed by atoms with Crippen molar-refractivity contribution in [2.45, 2.75) is 19.3 Å². The average Bonchev–Trinajstić information content (AvgIpc) is 2.40. The summed E-state index contributed by atoms with van der Waals surface area (Å²) in [5.41, 5.74) is 3.56.